The SMILES string of the molecule is CC(C)c1cc([ClH+])ccc1Cl. The first-order valence-corrected chi connectivity index (χ1v) is 4.36. The van der Waals surface area contributed by atoms with E-state index in [-0.39, 0.29) is 0 Å². The molecule has 0 heterocycles. The lowest BCUT2D eigenvalue weighted by Gasteiger charge is -2.05. The molecule has 0 atom stereocenters. The zero-order valence-electron chi connectivity index (χ0n) is 6.60. The van der Waals surface area contributed by atoms with Crippen molar-refractivity contribution in [3.63, 3.8) is 0 Å². The lowest BCUT2D eigenvalue weighted by atomic mass is 10.0. The Balaban J connectivity index is 3.13. The van der Waals surface area contributed by atoms with E-state index in [1.54, 1.807) is 0 Å². The minimum Gasteiger partial charge on any atom is -0.0840 e. The van der Waals surface area contributed by atoms with Gasteiger partial charge in [-0.3, -0.25) is 0 Å². The summed E-state index contributed by atoms with van der Waals surface area (Å²) in [6.45, 7) is 4.21. The Kier molecular flexibility index (Phi) is 2.80. The van der Waals surface area contributed by atoms with Gasteiger partial charge in [0.1, 0.15) is 0 Å². The molecule has 0 saturated heterocycles. The van der Waals surface area contributed by atoms with Gasteiger partial charge in [0, 0.05) is 17.2 Å². The fourth-order valence-electron chi connectivity index (χ4n) is 0.964. The Morgan fingerprint density at radius 2 is 2.00 bits per heavy atom. The molecule has 0 aliphatic rings. The van der Waals surface area contributed by atoms with Crippen LogP contribution in [-0.4, -0.2) is 0 Å². The van der Waals surface area contributed by atoms with Crippen molar-refractivity contribution in [3.8, 4) is 0 Å². The lowest BCUT2D eigenvalue weighted by molar-refractivity contribution is -0.289. The van der Waals surface area contributed by atoms with E-state index in [0.29, 0.717) is 5.92 Å². The summed E-state index contributed by atoms with van der Waals surface area (Å²) in [6, 6.07) is 5.67. The molecule has 0 aliphatic heterocycles. The fourth-order valence-corrected chi connectivity index (χ4v) is 1.50. The van der Waals surface area contributed by atoms with Gasteiger partial charge in [0.25, 0.3) is 0 Å². The highest BCUT2D eigenvalue weighted by molar-refractivity contribution is 6.31. The molecule has 1 rings (SSSR count). The van der Waals surface area contributed by atoms with Gasteiger partial charge in [-0.25, -0.2) is 0 Å². The van der Waals surface area contributed by atoms with Crippen LogP contribution in [0.4, 0.5) is 0 Å². The highest BCUT2D eigenvalue weighted by atomic mass is 35.5. The molecule has 0 N–H and O–H groups in total. The Labute approximate surface area is 77.1 Å². The van der Waals surface area contributed by atoms with E-state index in [0.717, 1.165) is 15.6 Å². The smallest absolute Gasteiger partial charge is 0.0840 e. The van der Waals surface area contributed by atoms with Gasteiger partial charge in [-0.2, -0.15) is 0 Å². The third-order valence-corrected chi connectivity index (χ3v) is 2.19. The second kappa shape index (κ2) is 3.46. The highest BCUT2D eigenvalue weighted by Crippen LogP contribution is 2.25. The number of rotatable bonds is 1. The number of hydrogen-bond acceptors (Lipinski definition) is 0. The average molecular weight is 190 g/mol. The lowest BCUT2D eigenvalue weighted by Crippen LogP contribution is -1.88. The number of benzene rings is 1. The van der Waals surface area contributed by atoms with Crippen LogP contribution < -0.4 is 0 Å². The quantitative estimate of drug-likeness (QED) is 0.638. The molecule has 0 spiro atoms. The average Bonchev–Trinajstić information content (AvgIpc) is 1.94. The maximum absolute atomic E-state index is 5.94. The fraction of sp³-hybridized carbons (Fsp3) is 0.333. The minimum atomic E-state index is 0.449. The molecule has 0 amide bonds. The Morgan fingerprint density at radius 1 is 1.36 bits per heavy atom. The molecule has 2 heteroatoms. The van der Waals surface area contributed by atoms with E-state index >= 15 is 0 Å². The first-order chi connectivity index (χ1) is 5.11. The molecule has 0 unspecified atom stereocenters. The maximum Gasteiger partial charge on any atom is 0.226 e. The van der Waals surface area contributed by atoms with Crippen LogP contribution in [0.1, 0.15) is 25.3 Å². The van der Waals surface area contributed by atoms with Gasteiger partial charge >= 0.3 is 0 Å². The topological polar surface area (TPSA) is 0 Å². The summed E-state index contributed by atoms with van der Waals surface area (Å²) in [5.41, 5.74) is 1.14. The number of halogens is 2. The molecule has 60 valence electrons. The molecule has 1 aromatic rings. The molecule has 0 saturated carbocycles. The second-order valence-electron chi connectivity index (χ2n) is 2.84. The van der Waals surface area contributed by atoms with Crippen LogP contribution in [0.2, 0.25) is 10.0 Å². The van der Waals surface area contributed by atoms with Crippen molar-refractivity contribution in [2.45, 2.75) is 19.8 Å². The van der Waals surface area contributed by atoms with Crippen molar-refractivity contribution in [3.05, 3.63) is 33.8 Å². The van der Waals surface area contributed by atoms with Gasteiger partial charge in [-0.1, -0.05) is 25.4 Å². The van der Waals surface area contributed by atoms with E-state index in [1.165, 1.54) is 0 Å². The highest BCUT2D eigenvalue weighted by Gasteiger charge is 2.07. The third-order valence-electron chi connectivity index (χ3n) is 1.59. The standard InChI is InChI=1S/C9H11Cl2/c1-6(2)8-5-7(10)3-4-9(8)11/h3-6,10H,1-2H3/q+1. The van der Waals surface area contributed by atoms with Gasteiger partial charge in [0.15, 0.2) is 11.6 Å². The zero-order valence-corrected chi connectivity index (χ0v) is 8.17. The van der Waals surface area contributed by atoms with Gasteiger partial charge in [0.05, 0.1) is 0 Å². The summed E-state index contributed by atoms with van der Waals surface area (Å²) < 4.78 is 0. The minimum absolute atomic E-state index is 0.449. The van der Waals surface area contributed by atoms with Gasteiger partial charge in [-0.15, -0.1) is 0 Å². The van der Waals surface area contributed by atoms with Crippen LogP contribution in [0.15, 0.2) is 18.2 Å². The Hall–Kier alpha value is -0.200. The Bertz CT molecular complexity index is 254. The molecular weight excluding hydrogens is 179 g/mol. The van der Waals surface area contributed by atoms with Gasteiger partial charge in [0.2, 0.25) is 5.02 Å². The van der Waals surface area contributed by atoms with Crippen LogP contribution >= 0.6 is 11.6 Å². The van der Waals surface area contributed by atoms with Crippen molar-refractivity contribution in [2.24, 2.45) is 0 Å². The van der Waals surface area contributed by atoms with Crippen LogP contribution in [0.3, 0.4) is 0 Å². The molecule has 1 aromatic carbocycles. The number of hydrogen-bond donors (Lipinski definition) is 0. The van der Waals surface area contributed by atoms with Crippen molar-refractivity contribution >= 4 is 11.6 Å². The normalized spacial score (nSPS) is 10.6. The summed E-state index contributed by atoms with van der Waals surface area (Å²) in [7, 11) is 0. The molecule has 0 aromatic heterocycles. The molecular formula is C9H11Cl2+. The van der Waals surface area contributed by atoms with Crippen LogP contribution in [-0.2, 0) is 0 Å². The summed E-state index contributed by atoms with van der Waals surface area (Å²) in [6.07, 6.45) is 0. The van der Waals surface area contributed by atoms with E-state index < -0.39 is 0 Å². The summed E-state index contributed by atoms with van der Waals surface area (Å²) >= 11 is 11.0. The second-order valence-corrected chi connectivity index (χ2v) is 3.72. The zero-order chi connectivity index (χ0) is 8.43. The monoisotopic (exact) mass is 189 g/mol. The Morgan fingerprint density at radius 3 is 2.45 bits per heavy atom. The largest absolute Gasteiger partial charge is 0.226 e. The van der Waals surface area contributed by atoms with Crippen LogP contribution in [0, 0.1) is 11.6 Å². The van der Waals surface area contributed by atoms with Crippen molar-refractivity contribution in [2.75, 3.05) is 0 Å². The first-order valence-electron chi connectivity index (χ1n) is 3.57. The molecule has 0 nitrogen and oxygen atoms in total. The van der Waals surface area contributed by atoms with Gasteiger partial charge < -0.3 is 0 Å². The predicted octanol–water partition coefficient (Wildman–Crippen LogP) is 3.16. The van der Waals surface area contributed by atoms with Crippen molar-refractivity contribution in [1.82, 2.24) is 0 Å². The molecule has 0 bridgehead atoms. The molecule has 11 heavy (non-hydrogen) atoms. The van der Waals surface area contributed by atoms with Crippen molar-refractivity contribution < 1.29 is 11.6 Å². The van der Waals surface area contributed by atoms with Crippen LogP contribution in [0.5, 0.6) is 0 Å². The summed E-state index contributed by atoms with van der Waals surface area (Å²) in [5, 5.41) is 1.67. The first kappa shape index (κ1) is 8.89. The molecule has 0 radical (unpaired) electrons. The summed E-state index contributed by atoms with van der Waals surface area (Å²) in [4.78, 5) is 0. The van der Waals surface area contributed by atoms with Crippen LogP contribution in [0.25, 0.3) is 0 Å². The summed E-state index contributed by atoms with van der Waals surface area (Å²) in [5.74, 6) is 0.449. The van der Waals surface area contributed by atoms with E-state index in [2.05, 4.69) is 13.8 Å². The third kappa shape index (κ3) is 2.11. The van der Waals surface area contributed by atoms with E-state index in [4.69, 9.17) is 23.2 Å². The van der Waals surface area contributed by atoms with E-state index in [9.17, 15) is 0 Å². The maximum atomic E-state index is 5.94. The molecule has 0 aliphatic carbocycles. The van der Waals surface area contributed by atoms with Crippen molar-refractivity contribution in [1.29, 1.82) is 0 Å². The van der Waals surface area contributed by atoms with Gasteiger partial charge in [-0.05, 0) is 17.5 Å². The van der Waals surface area contributed by atoms with E-state index in [1.807, 2.05) is 18.2 Å². The molecule has 0 fully saturated rings. The predicted molar refractivity (Wildman–Crippen MR) is 46.1 cm³/mol.